The van der Waals surface area contributed by atoms with E-state index in [2.05, 4.69) is 26.0 Å². The quantitative estimate of drug-likeness (QED) is 0.223. The predicted octanol–water partition coefficient (Wildman–Crippen LogP) is 8.30. The second-order valence-corrected chi connectivity index (χ2v) is 13.4. The van der Waals surface area contributed by atoms with E-state index in [9.17, 15) is 18.0 Å². The third kappa shape index (κ3) is 8.42. The summed E-state index contributed by atoms with van der Waals surface area (Å²) in [4.78, 5) is 13.1. The summed E-state index contributed by atoms with van der Waals surface area (Å²) in [6.45, 7) is 8.00. The first kappa shape index (κ1) is 33.5. The van der Waals surface area contributed by atoms with Crippen LogP contribution in [0.3, 0.4) is 0 Å². The lowest BCUT2D eigenvalue weighted by atomic mass is 9.67. The SMILES string of the molecule is COc1ccc([C@]2(CCN(Cc3ccc(-c4cccc(CC(=O)O)c4)cc3)CC(C)(C)C(F)(F)F)CCOC(C)(C)C2)cc1. The zero-order valence-corrected chi connectivity index (χ0v) is 26.3. The minimum Gasteiger partial charge on any atom is -0.497 e. The van der Waals surface area contributed by atoms with Crippen LogP contribution in [-0.4, -0.2) is 54.6 Å². The van der Waals surface area contributed by atoms with Crippen molar-refractivity contribution in [2.45, 2.75) is 77.1 Å². The van der Waals surface area contributed by atoms with Crippen molar-refractivity contribution in [3.05, 3.63) is 89.5 Å². The van der Waals surface area contributed by atoms with Gasteiger partial charge in [0, 0.05) is 25.1 Å². The molecular weight excluding hydrogens is 567 g/mol. The lowest BCUT2D eigenvalue weighted by Crippen LogP contribution is -2.47. The van der Waals surface area contributed by atoms with E-state index in [1.165, 1.54) is 13.8 Å². The highest BCUT2D eigenvalue weighted by Crippen LogP contribution is 2.45. The van der Waals surface area contributed by atoms with Gasteiger partial charge >= 0.3 is 12.1 Å². The second kappa shape index (κ2) is 13.3. The van der Waals surface area contributed by atoms with Crippen molar-refractivity contribution in [3.8, 4) is 16.9 Å². The molecule has 1 atom stereocenters. The Morgan fingerprint density at radius 3 is 2.25 bits per heavy atom. The number of aliphatic carboxylic acids is 1. The second-order valence-electron chi connectivity index (χ2n) is 13.4. The average Bonchev–Trinajstić information content (AvgIpc) is 2.95. The van der Waals surface area contributed by atoms with Gasteiger partial charge in [-0.2, -0.15) is 13.2 Å². The zero-order chi connectivity index (χ0) is 32.2. The van der Waals surface area contributed by atoms with Gasteiger partial charge in [0.1, 0.15) is 5.75 Å². The molecule has 0 saturated carbocycles. The molecule has 1 N–H and O–H groups in total. The van der Waals surface area contributed by atoms with E-state index in [1.54, 1.807) is 13.2 Å². The smallest absolute Gasteiger partial charge is 0.395 e. The van der Waals surface area contributed by atoms with Crippen molar-refractivity contribution in [2.24, 2.45) is 5.41 Å². The molecule has 0 unspecified atom stereocenters. The average molecular weight is 612 g/mol. The number of hydrogen-bond donors (Lipinski definition) is 1. The maximum atomic E-state index is 14.1. The molecule has 5 nitrogen and oxygen atoms in total. The Bertz CT molecular complexity index is 1400. The summed E-state index contributed by atoms with van der Waals surface area (Å²) in [6, 6.07) is 23.2. The molecule has 238 valence electrons. The van der Waals surface area contributed by atoms with Crippen molar-refractivity contribution < 1.29 is 32.5 Å². The zero-order valence-electron chi connectivity index (χ0n) is 26.3. The Morgan fingerprint density at radius 1 is 0.977 bits per heavy atom. The maximum absolute atomic E-state index is 14.1. The lowest BCUT2D eigenvalue weighted by Gasteiger charge is -2.46. The molecule has 1 heterocycles. The molecule has 0 spiro atoms. The van der Waals surface area contributed by atoms with Gasteiger partial charge in [0.05, 0.1) is 24.5 Å². The first-order valence-corrected chi connectivity index (χ1v) is 15.1. The molecule has 3 aromatic rings. The number of halogens is 3. The summed E-state index contributed by atoms with van der Waals surface area (Å²) >= 11 is 0. The number of carboxylic acids is 1. The molecule has 1 saturated heterocycles. The molecule has 1 aliphatic rings. The molecule has 0 amide bonds. The highest BCUT2D eigenvalue weighted by molar-refractivity contribution is 5.72. The topological polar surface area (TPSA) is 59.0 Å². The molecule has 0 aromatic heterocycles. The summed E-state index contributed by atoms with van der Waals surface area (Å²) in [5.41, 5.74) is 2.10. The highest BCUT2D eigenvalue weighted by atomic mass is 19.4. The monoisotopic (exact) mass is 611 g/mol. The molecule has 44 heavy (non-hydrogen) atoms. The van der Waals surface area contributed by atoms with Crippen LogP contribution in [0.2, 0.25) is 0 Å². The Labute approximate surface area is 259 Å². The fourth-order valence-corrected chi connectivity index (χ4v) is 6.36. The molecule has 0 aliphatic carbocycles. The van der Waals surface area contributed by atoms with Crippen LogP contribution >= 0.6 is 0 Å². The molecule has 1 fully saturated rings. The number of nitrogens with zero attached hydrogens (tertiary/aromatic N) is 1. The number of ether oxygens (including phenoxy) is 2. The number of rotatable bonds is 12. The first-order valence-electron chi connectivity index (χ1n) is 15.1. The van der Waals surface area contributed by atoms with Crippen LogP contribution in [0.4, 0.5) is 13.2 Å². The fourth-order valence-electron chi connectivity index (χ4n) is 6.36. The van der Waals surface area contributed by atoms with Gasteiger partial charge in [0.15, 0.2) is 0 Å². The van der Waals surface area contributed by atoms with E-state index >= 15 is 0 Å². The van der Waals surface area contributed by atoms with E-state index < -0.39 is 17.6 Å². The van der Waals surface area contributed by atoms with Gasteiger partial charge in [0.2, 0.25) is 0 Å². The number of carboxylic acid groups (broad SMARTS) is 1. The Morgan fingerprint density at radius 2 is 1.66 bits per heavy atom. The fraction of sp³-hybridized carbons (Fsp3) is 0.472. The van der Waals surface area contributed by atoms with Crippen LogP contribution in [-0.2, 0) is 27.9 Å². The Balaban J connectivity index is 1.59. The summed E-state index contributed by atoms with van der Waals surface area (Å²) in [6.07, 6.45) is -2.16. The molecule has 4 rings (SSSR count). The van der Waals surface area contributed by atoms with E-state index in [0.29, 0.717) is 31.7 Å². The first-order chi connectivity index (χ1) is 20.6. The van der Waals surface area contributed by atoms with Crippen molar-refractivity contribution in [1.29, 1.82) is 0 Å². The Kier molecular flexibility index (Phi) is 10.2. The molecule has 1 aliphatic heterocycles. The van der Waals surface area contributed by atoms with Gasteiger partial charge in [-0.05, 0) is 93.5 Å². The minimum absolute atomic E-state index is 0.0583. The standard InChI is InChI=1S/C36H44F3NO4/c1-33(2,36(37,38)39)25-40(23-26-9-11-28(12-10-26)29-8-6-7-27(21-29)22-32(41)42)19-17-35(18-20-44-34(3,4)24-35)30-13-15-31(43-5)16-14-30/h6-16,21H,17-20,22-25H2,1-5H3,(H,41,42)/t35-/m1/s1. The van der Waals surface area contributed by atoms with E-state index in [-0.39, 0.29) is 24.0 Å². The van der Waals surface area contributed by atoms with E-state index in [0.717, 1.165) is 40.8 Å². The van der Waals surface area contributed by atoms with Crippen molar-refractivity contribution >= 4 is 5.97 Å². The van der Waals surface area contributed by atoms with Crippen molar-refractivity contribution in [3.63, 3.8) is 0 Å². The highest BCUT2D eigenvalue weighted by Gasteiger charge is 2.48. The van der Waals surface area contributed by atoms with Crippen LogP contribution in [0.1, 0.15) is 63.6 Å². The van der Waals surface area contributed by atoms with Crippen LogP contribution in [0.25, 0.3) is 11.1 Å². The third-order valence-electron chi connectivity index (χ3n) is 8.81. The molecular formula is C36H44F3NO4. The van der Waals surface area contributed by atoms with Gasteiger partial charge in [0.25, 0.3) is 0 Å². The predicted molar refractivity (Wildman–Crippen MR) is 167 cm³/mol. The lowest BCUT2D eigenvalue weighted by molar-refractivity contribution is -0.217. The number of carbonyl (C=O) groups is 1. The van der Waals surface area contributed by atoms with Crippen LogP contribution in [0, 0.1) is 5.41 Å². The van der Waals surface area contributed by atoms with Crippen molar-refractivity contribution in [2.75, 3.05) is 26.8 Å². The largest absolute Gasteiger partial charge is 0.497 e. The minimum atomic E-state index is -4.34. The molecule has 0 radical (unpaired) electrons. The van der Waals surface area contributed by atoms with Crippen LogP contribution in [0.15, 0.2) is 72.8 Å². The maximum Gasteiger partial charge on any atom is 0.395 e. The number of alkyl halides is 3. The molecule has 3 aromatic carbocycles. The summed E-state index contributed by atoms with van der Waals surface area (Å²) in [5.74, 6) is -0.127. The molecule has 8 heteroatoms. The Hall–Kier alpha value is -3.36. The number of hydrogen-bond acceptors (Lipinski definition) is 4. The third-order valence-corrected chi connectivity index (χ3v) is 8.81. The molecule has 0 bridgehead atoms. The van der Waals surface area contributed by atoms with Gasteiger partial charge in [-0.15, -0.1) is 0 Å². The van der Waals surface area contributed by atoms with Crippen LogP contribution in [0.5, 0.6) is 5.75 Å². The summed E-state index contributed by atoms with van der Waals surface area (Å²) in [5, 5.41) is 9.15. The van der Waals surface area contributed by atoms with Gasteiger partial charge in [-0.1, -0.05) is 60.7 Å². The van der Waals surface area contributed by atoms with E-state index in [1.807, 2.05) is 59.5 Å². The van der Waals surface area contributed by atoms with Gasteiger partial charge in [-0.25, -0.2) is 0 Å². The summed E-state index contributed by atoms with van der Waals surface area (Å²) < 4.78 is 53.8. The normalized spacial score (nSPS) is 18.8. The van der Waals surface area contributed by atoms with Gasteiger partial charge < -0.3 is 14.6 Å². The van der Waals surface area contributed by atoms with Gasteiger partial charge in [-0.3, -0.25) is 9.69 Å². The number of methoxy groups -OCH3 is 1. The van der Waals surface area contributed by atoms with E-state index in [4.69, 9.17) is 14.6 Å². The van der Waals surface area contributed by atoms with Crippen LogP contribution < -0.4 is 4.74 Å². The number of benzene rings is 3. The summed E-state index contributed by atoms with van der Waals surface area (Å²) in [7, 11) is 1.63. The van der Waals surface area contributed by atoms with Crippen molar-refractivity contribution in [1.82, 2.24) is 4.90 Å².